The third-order valence-corrected chi connectivity index (χ3v) is 5.44. The number of aryl methyl sites for hydroxylation is 1. The van der Waals surface area contributed by atoms with Gasteiger partial charge in [-0.3, -0.25) is 14.9 Å². The van der Waals surface area contributed by atoms with Crippen LogP contribution in [0.4, 0.5) is 14.3 Å². The number of nitrogens with one attached hydrogen (secondary N) is 1. The first-order valence-electron chi connectivity index (χ1n) is 9.67. The predicted molar refractivity (Wildman–Crippen MR) is 110 cm³/mol. The standard InChI is InChI=1S/C20H23FN4O4S/c1-2-29-20(28)25-11-9-24(10-12-25)17(26)8-7-16-13-30-19(22-16)23-18(27)14-3-5-15(21)6-4-14/h3-6,13H,2,7-12H2,1H3,(H,22,23,27). The molecular weight excluding hydrogens is 411 g/mol. The molecule has 1 saturated heterocycles. The maximum absolute atomic E-state index is 13.0. The van der Waals surface area contributed by atoms with Crippen molar-refractivity contribution in [3.05, 3.63) is 46.7 Å². The van der Waals surface area contributed by atoms with Crippen LogP contribution >= 0.6 is 11.3 Å². The number of anilines is 1. The van der Waals surface area contributed by atoms with E-state index in [-0.39, 0.29) is 17.9 Å². The summed E-state index contributed by atoms with van der Waals surface area (Å²) in [6.45, 7) is 3.97. The molecule has 2 heterocycles. The minimum atomic E-state index is -0.407. The van der Waals surface area contributed by atoms with Gasteiger partial charge in [-0.15, -0.1) is 11.3 Å². The van der Waals surface area contributed by atoms with E-state index in [1.165, 1.54) is 35.6 Å². The highest BCUT2D eigenvalue weighted by Crippen LogP contribution is 2.18. The zero-order valence-electron chi connectivity index (χ0n) is 16.6. The van der Waals surface area contributed by atoms with Gasteiger partial charge in [-0.05, 0) is 37.6 Å². The molecule has 1 aliphatic rings. The first-order chi connectivity index (χ1) is 14.5. The topological polar surface area (TPSA) is 91.8 Å². The first-order valence-corrected chi connectivity index (χ1v) is 10.5. The van der Waals surface area contributed by atoms with E-state index in [2.05, 4.69) is 10.3 Å². The maximum atomic E-state index is 13.0. The number of piperazine rings is 1. The van der Waals surface area contributed by atoms with Gasteiger partial charge >= 0.3 is 6.09 Å². The van der Waals surface area contributed by atoms with Gasteiger partial charge in [0.15, 0.2) is 5.13 Å². The molecule has 2 aromatic rings. The summed E-state index contributed by atoms with van der Waals surface area (Å²) in [4.78, 5) is 44.0. The van der Waals surface area contributed by atoms with Crippen LogP contribution in [0.2, 0.25) is 0 Å². The van der Waals surface area contributed by atoms with Gasteiger partial charge in [-0.1, -0.05) is 0 Å². The smallest absolute Gasteiger partial charge is 0.409 e. The maximum Gasteiger partial charge on any atom is 0.409 e. The van der Waals surface area contributed by atoms with E-state index >= 15 is 0 Å². The number of hydrogen-bond donors (Lipinski definition) is 1. The summed E-state index contributed by atoms with van der Waals surface area (Å²) >= 11 is 1.27. The zero-order valence-corrected chi connectivity index (χ0v) is 17.4. The number of carbonyl (C=O) groups excluding carboxylic acids is 3. The third kappa shape index (κ3) is 5.76. The van der Waals surface area contributed by atoms with Crippen LogP contribution in [0.1, 0.15) is 29.4 Å². The number of benzene rings is 1. The van der Waals surface area contributed by atoms with Crippen LogP contribution in [0.5, 0.6) is 0 Å². The largest absolute Gasteiger partial charge is 0.450 e. The highest BCUT2D eigenvalue weighted by molar-refractivity contribution is 7.14. The molecule has 8 nitrogen and oxygen atoms in total. The normalized spacial score (nSPS) is 13.8. The Kier molecular flexibility index (Phi) is 7.34. The Bertz CT molecular complexity index is 894. The van der Waals surface area contributed by atoms with E-state index < -0.39 is 5.82 Å². The van der Waals surface area contributed by atoms with E-state index in [1.807, 2.05) is 0 Å². The van der Waals surface area contributed by atoms with Gasteiger partial charge in [-0.2, -0.15) is 0 Å². The number of nitrogens with zero attached hydrogens (tertiary/aromatic N) is 3. The van der Waals surface area contributed by atoms with E-state index in [9.17, 15) is 18.8 Å². The monoisotopic (exact) mass is 434 g/mol. The lowest BCUT2D eigenvalue weighted by Crippen LogP contribution is -2.50. The number of aromatic nitrogens is 1. The van der Waals surface area contributed by atoms with Crippen molar-refractivity contribution < 1.29 is 23.5 Å². The highest BCUT2D eigenvalue weighted by atomic mass is 32.1. The number of carbonyl (C=O) groups is 3. The second kappa shape index (κ2) is 10.1. The second-order valence-electron chi connectivity index (χ2n) is 6.67. The first kappa shape index (κ1) is 21.7. The van der Waals surface area contributed by atoms with Crippen molar-refractivity contribution >= 4 is 34.4 Å². The lowest BCUT2D eigenvalue weighted by molar-refractivity contribution is -0.132. The SMILES string of the molecule is CCOC(=O)N1CCN(C(=O)CCc2csc(NC(=O)c3ccc(F)cc3)n2)CC1. The van der Waals surface area contributed by atoms with Gasteiger partial charge in [0.25, 0.3) is 5.91 Å². The molecule has 0 atom stereocenters. The minimum absolute atomic E-state index is 0.00315. The van der Waals surface area contributed by atoms with Crippen LogP contribution < -0.4 is 5.32 Å². The Labute approximate surface area is 177 Å². The van der Waals surface area contributed by atoms with Crippen molar-refractivity contribution in [2.45, 2.75) is 19.8 Å². The lowest BCUT2D eigenvalue weighted by atomic mass is 10.2. The van der Waals surface area contributed by atoms with Gasteiger partial charge in [0, 0.05) is 43.5 Å². The van der Waals surface area contributed by atoms with Crippen LogP contribution in [0.25, 0.3) is 0 Å². The van der Waals surface area contributed by atoms with Crippen LogP contribution in [0.3, 0.4) is 0 Å². The van der Waals surface area contributed by atoms with Crippen molar-refractivity contribution in [2.24, 2.45) is 0 Å². The Hall–Kier alpha value is -3.01. The van der Waals surface area contributed by atoms with Crippen LogP contribution in [-0.4, -0.2) is 65.5 Å². The van der Waals surface area contributed by atoms with Crippen molar-refractivity contribution in [2.75, 3.05) is 38.1 Å². The molecule has 0 bridgehead atoms. The fourth-order valence-corrected chi connectivity index (χ4v) is 3.74. The molecular formula is C20H23FN4O4S. The molecule has 3 amide bonds. The molecule has 1 aromatic carbocycles. The summed E-state index contributed by atoms with van der Waals surface area (Å²) in [5, 5.41) is 4.90. The van der Waals surface area contributed by atoms with E-state index in [0.717, 1.165) is 0 Å². The van der Waals surface area contributed by atoms with Gasteiger partial charge < -0.3 is 14.5 Å². The quantitative estimate of drug-likeness (QED) is 0.755. The van der Waals surface area contributed by atoms with Gasteiger partial charge in [-0.25, -0.2) is 14.2 Å². The summed E-state index contributed by atoms with van der Waals surface area (Å²) in [6, 6.07) is 5.25. The molecule has 3 rings (SSSR count). The number of hydrogen-bond acceptors (Lipinski definition) is 6. The summed E-state index contributed by atoms with van der Waals surface area (Å²) in [7, 11) is 0. The molecule has 10 heteroatoms. The summed E-state index contributed by atoms with van der Waals surface area (Å²) < 4.78 is 17.9. The van der Waals surface area contributed by atoms with Crippen LogP contribution in [0, 0.1) is 5.82 Å². The van der Waals surface area contributed by atoms with Gasteiger partial charge in [0.05, 0.1) is 12.3 Å². The molecule has 0 aliphatic carbocycles. The second-order valence-corrected chi connectivity index (χ2v) is 7.53. The fraction of sp³-hybridized carbons (Fsp3) is 0.400. The molecule has 160 valence electrons. The Morgan fingerprint density at radius 2 is 1.80 bits per heavy atom. The molecule has 30 heavy (non-hydrogen) atoms. The Morgan fingerprint density at radius 1 is 1.13 bits per heavy atom. The lowest BCUT2D eigenvalue weighted by Gasteiger charge is -2.34. The molecule has 0 spiro atoms. The van der Waals surface area contributed by atoms with Crippen LogP contribution in [-0.2, 0) is 16.0 Å². The van der Waals surface area contributed by atoms with Crippen molar-refractivity contribution in [1.29, 1.82) is 0 Å². The number of amides is 3. The molecule has 0 unspecified atom stereocenters. The molecule has 0 radical (unpaired) electrons. The molecule has 1 aromatic heterocycles. The molecule has 1 N–H and O–H groups in total. The van der Waals surface area contributed by atoms with Crippen molar-refractivity contribution in [1.82, 2.24) is 14.8 Å². The van der Waals surface area contributed by atoms with E-state index in [4.69, 9.17) is 4.74 Å². The third-order valence-electron chi connectivity index (χ3n) is 4.63. The van der Waals surface area contributed by atoms with Gasteiger partial charge in [0.2, 0.25) is 5.91 Å². The Morgan fingerprint density at radius 3 is 2.47 bits per heavy atom. The van der Waals surface area contributed by atoms with Gasteiger partial charge in [0.1, 0.15) is 5.82 Å². The van der Waals surface area contributed by atoms with Crippen molar-refractivity contribution in [3.63, 3.8) is 0 Å². The number of rotatable bonds is 6. The average Bonchev–Trinajstić information content (AvgIpc) is 3.20. The number of halogens is 1. The highest BCUT2D eigenvalue weighted by Gasteiger charge is 2.24. The predicted octanol–water partition coefficient (Wildman–Crippen LogP) is 2.77. The van der Waals surface area contributed by atoms with Crippen molar-refractivity contribution in [3.8, 4) is 0 Å². The average molecular weight is 434 g/mol. The summed E-state index contributed by atoms with van der Waals surface area (Å²) in [6.07, 6.45) is 0.413. The number of thiazole rings is 1. The summed E-state index contributed by atoms with van der Waals surface area (Å²) in [5.74, 6) is -0.773. The molecule has 1 aliphatic heterocycles. The Balaban J connectivity index is 1.44. The van der Waals surface area contributed by atoms with Crippen LogP contribution in [0.15, 0.2) is 29.6 Å². The molecule has 0 saturated carbocycles. The minimum Gasteiger partial charge on any atom is -0.450 e. The fourth-order valence-electron chi connectivity index (χ4n) is 3.00. The van der Waals surface area contributed by atoms with E-state index in [1.54, 1.807) is 22.1 Å². The molecule has 1 fully saturated rings. The summed E-state index contributed by atoms with van der Waals surface area (Å²) in [5.41, 5.74) is 1.05. The zero-order chi connectivity index (χ0) is 21.5. The number of ether oxygens (including phenoxy) is 1. The van der Waals surface area contributed by atoms with E-state index in [0.29, 0.717) is 62.0 Å².